The predicted molar refractivity (Wildman–Crippen MR) is 80.4 cm³/mol. The molecule has 0 heterocycles. The van der Waals surface area contributed by atoms with Gasteiger partial charge in [-0.15, -0.1) is 0 Å². The van der Waals surface area contributed by atoms with Gasteiger partial charge in [0, 0.05) is 0 Å². The third-order valence-electron chi connectivity index (χ3n) is 3.92. The van der Waals surface area contributed by atoms with Gasteiger partial charge in [0.15, 0.2) is 0 Å². The van der Waals surface area contributed by atoms with Crippen LogP contribution in [0.3, 0.4) is 0 Å². The molecule has 0 saturated heterocycles. The average Bonchev–Trinajstić information content (AvgIpc) is 2.31. The molecule has 0 radical (unpaired) electrons. The van der Waals surface area contributed by atoms with E-state index in [0.717, 1.165) is 0 Å². The zero-order chi connectivity index (χ0) is 13.0. The van der Waals surface area contributed by atoms with Gasteiger partial charge in [0.1, 0.15) is 0 Å². The minimum absolute atomic E-state index is 0.576. The van der Waals surface area contributed by atoms with Gasteiger partial charge in [-0.05, 0) is 31.6 Å². The van der Waals surface area contributed by atoms with Crippen molar-refractivity contribution in [1.82, 2.24) is 0 Å². The summed E-state index contributed by atoms with van der Waals surface area (Å²) in [5.74, 6) is 0. The van der Waals surface area contributed by atoms with E-state index in [2.05, 4.69) is 39.8 Å². The average molecular weight is 238 g/mol. The molecule has 0 aromatic rings. The standard InChI is InChI=1S/C17H34/c1-5-7-8-9-10-11-12-13-14-15-16-17(3,4)6-2/h5,7H,6,8-16H2,1-4H3/b7-5+. The molecule has 0 bridgehead atoms. The molecule has 0 aliphatic heterocycles. The van der Waals surface area contributed by atoms with Crippen molar-refractivity contribution in [3.05, 3.63) is 12.2 Å². The SMILES string of the molecule is C/C=C/CCCCCCCCCC(C)(C)CC. The van der Waals surface area contributed by atoms with Crippen molar-refractivity contribution in [2.75, 3.05) is 0 Å². The van der Waals surface area contributed by atoms with Gasteiger partial charge in [-0.2, -0.15) is 0 Å². The summed E-state index contributed by atoms with van der Waals surface area (Å²) in [5.41, 5.74) is 0.576. The van der Waals surface area contributed by atoms with Crippen molar-refractivity contribution in [1.29, 1.82) is 0 Å². The van der Waals surface area contributed by atoms with Crippen LogP contribution in [0.4, 0.5) is 0 Å². The van der Waals surface area contributed by atoms with Crippen LogP contribution in [-0.4, -0.2) is 0 Å². The maximum absolute atomic E-state index is 2.40. The zero-order valence-corrected chi connectivity index (χ0v) is 12.7. The Morgan fingerprint density at radius 2 is 1.35 bits per heavy atom. The van der Waals surface area contributed by atoms with Crippen LogP contribution in [-0.2, 0) is 0 Å². The van der Waals surface area contributed by atoms with Crippen LogP contribution < -0.4 is 0 Å². The first kappa shape index (κ1) is 16.7. The normalized spacial score (nSPS) is 12.5. The minimum atomic E-state index is 0.576. The van der Waals surface area contributed by atoms with E-state index in [1.807, 2.05) is 0 Å². The fourth-order valence-electron chi connectivity index (χ4n) is 2.09. The van der Waals surface area contributed by atoms with Crippen LogP contribution >= 0.6 is 0 Å². The predicted octanol–water partition coefficient (Wildman–Crippen LogP) is 6.51. The molecule has 0 rings (SSSR count). The van der Waals surface area contributed by atoms with E-state index in [-0.39, 0.29) is 0 Å². The lowest BCUT2D eigenvalue weighted by atomic mass is 9.84. The van der Waals surface area contributed by atoms with Gasteiger partial charge < -0.3 is 0 Å². The second-order valence-electron chi connectivity index (χ2n) is 6.10. The molecule has 0 amide bonds. The Labute approximate surface area is 110 Å². The third kappa shape index (κ3) is 12.0. The lowest BCUT2D eigenvalue weighted by Crippen LogP contribution is -2.08. The summed E-state index contributed by atoms with van der Waals surface area (Å²) in [6, 6.07) is 0. The molecule has 0 aromatic carbocycles. The Bertz CT molecular complexity index is 176. The molecule has 0 heteroatoms. The lowest BCUT2D eigenvalue weighted by molar-refractivity contribution is 0.307. The third-order valence-corrected chi connectivity index (χ3v) is 3.92. The van der Waals surface area contributed by atoms with E-state index in [9.17, 15) is 0 Å². The highest BCUT2D eigenvalue weighted by Gasteiger charge is 2.13. The summed E-state index contributed by atoms with van der Waals surface area (Å²) < 4.78 is 0. The summed E-state index contributed by atoms with van der Waals surface area (Å²) >= 11 is 0. The van der Waals surface area contributed by atoms with Gasteiger partial charge in [-0.1, -0.05) is 77.9 Å². The maximum atomic E-state index is 2.40. The van der Waals surface area contributed by atoms with Crippen LogP contribution in [0, 0.1) is 5.41 Å². The Morgan fingerprint density at radius 3 is 1.88 bits per heavy atom. The fourth-order valence-corrected chi connectivity index (χ4v) is 2.09. The summed E-state index contributed by atoms with van der Waals surface area (Å²) in [6.07, 6.45) is 18.5. The molecule has 0 aliphatic rings. The van der Waals surface area contributed by atoms with Crippen molar-refractivity contribution < 1.29 is 0 Å². The smallest absolute Gasteiger partial charge is 0.0351 e. The van der Waals surface area contributed by atoms with E-state index >= 15 is 0 Å². The number of rotatable bonds is 11. The van der Waals surface area contributed by atoms with Gasteiger partial charge in [0.05, 0.1) is 0 Å². The quantitative estimate of drug-likeness (QED) is 0.284. The van der Waals surface area contributed by atoms with Gasteiger partial charge in [-0.3, -0.25) is 0 Å². The number of hydrogen-bond acceptors (Lipinski definition) is 0. The number of unbranched alkanes of at least 4 members (excludes halogenated alkanes) is 7. The Balaban J connectivity index is 3.14. The molecule has 0 fully saturated rings. The molecule has 0 N–H and O–H groups in total. The fraction of sp³-hybridized carbons (Fsp3) is 0.882. The first-order valence-corrected chi connectivity index (χ1v) is 7.73. The van der Waals surface area contributed by atoms with Crippen molar-refractivity contribution in [3.63, 3.8) is 0 Å². The van der Waals surface area contributed by atoms with Crippen molar-refractivity contribution in [2.45, 2.75) is 91.9 Å². The highest BCUT2D eigenvalue weighted by molar-refractivity contribution is 4.76. The van der Waals surface area contributed by atoms with E-state index in [0.29, 0.717) is 5.41 Å². The monoisotopic (exact) mass is 238 g/mol. The summed E-state index contributed by atoms with van der Waals surface area (Å²) in [6.45, 7) is 9.21. The van der Waals surface area contributed by atoms with Gasteiger partial charge in [0.2, 0.25) is 0 Å². The molecule has 17 heavy (non-hydrogen) atoms. The van der Waals surface area contributed by atoms with Crippen LogP contribution in [0.2, 0.25) is 0 Å². The van der Waals surface area contributed by atoms with Gasteiger partial charge in [-0.25, -0.2) is 0 Å². The Hall–Kier alpha value is -0.260. The number of hydrogen-bond donors (Lipinski definition) is 0. The first-order valence-electron chi connectivity index (χ1n) is 7.73. The molecular weight excluding hydrogens is 204 g/mol. The van der Waals surface area contributed by atoms with Crippen molar-refractivity contribution in [2.24, 2.45) is 5.41 Å². The van der Waals surface area contributed by atoms with Crippen molar-refractivity contribution >= 4 is 0 Å². The maximum Gasteiger partial charge on any atom is -0.0351 e. The zero-order valence-electron chi connectivity index (χ0n) is 12.7. The topological polar surface area (TPSA) is 0 Å². The highest BCUT2D eigenvalue weighted by Crippen LogP contribution is 2.27. The Morgan fingerprint density at radius 1 is 0.824 bits per heavy atom. The molecule has 0 aromatic heterocycles. The van der Waals surface area contributed by atoms with Crippen LogP contribution in [0.1, 0.15) is 91.9 Å². The molecule has 0 nitrogen and oxygen atoms in total. The molecular formula is C17H34. The van der Waals surface area contributed by atoms with Crippen LogP contribution in [0.25, 0.3) is 0 Å². The molecule has 0 atom stereocenters. The Kier molecular flexibility index (Phi) is 10.7. The summed E-state index contributed by atoms with van der Waals surface area (Å²) in [5, 5.41) is 0. The second-order valence-corrected chi connectivity index (χ2v) is 6.10. The van der Waals surface area contributed by atoms with Crippen LogP contribution in [0.5, 0.6) is 0 Å². The second kappa shape index (κ2) is 10.9. The van der Waals surface area contributed by atoms with E-state index in [1.54, 1.807) is 0 Å². The van der Waals surface area contributed by atoms with E-state index < -0.39 is 0 Å². The van der Waals surface area contributed by atoms with Crippen molar-refractivity contribution in [3.8, 4) is 0 Å². The molecule has 0 saturated carbocycles. The molecule has 102 valence electrons. The lowest BCUT2D eigenvalue weighted by Gasteiger charge is -2.22. The van der Waals surface area contributed by atoms with Crippen LogP contribution in [0.15, 0.2) is 12.2 Å². The minimum Gasteiger partial charge on any atom is -0.0917 e. The number of allylic oxidation sites excluding steroid dienone is 2. The van der Waals surface area contributed by atoms with Gasteiger partial charge in [0.25, 0.3) is 0 Å². The molecule has 0 aliphatic carbocycles. The summed E-state index contributed by atoms with van der Waals surface area (Å²) in [4.78, 5) is 0. The largest absolute Gasteiger partial charge is 0.0917 e. The van der Waals surface area contributed by atoms with Gasteiger partial charge >= 0.3 is 0 Å². The highest BCUT2D eigenvalue weighted by atomic mass is 14.2. The van der Waals surface area contributed by atoms with E-state index in [1.165, 1.54) is 64.2 Å². The molecule has 0 spiro atoms. The molecule has 0 unspecified atom stereocenters. The first-order chi connectivity index (χ1) is 8.12. The van der Waals surface area contributed by atoms with E-state index in [4.69, 9.17) is 0 Å². The summed E-state index contributed by atoms with van der Waals surface area (Å²) in [7, 11) is 0.